The van der Waals surface area contributed by atoms with E-state index in [4.69, 9.17) is 16.3 Å². The molecular weight excluding hydrogens is 589 g/mol. The summed E-state index contributed by atoms with van der Waals surface area (Å²) in [4.78, 5) is 40.0. The maximum Gasteiger partial charge on any atom is 0.272 e. The first-order chi connectivity index (χ1) is 20.7. The Morgan fingerprint density at radius 1 is 0.907 bits per heavy atom. The zero-order valence-electron chi connectivity index (χ0n) is 23.4. The van der Waals surface area contributed by atoms with Crippen molar-refractivity contribution in [2.75, 3.05) is 17.7 Å². The SMILES string of the molecule is CCC(Sc1cccc(NC(=O)/C(=C/c2ccc(F)cc2)NC(=O)c2ccccc2)c1)C(=O)Nc1ccc(OC)c(Cl)c1. The molecule has 1 unspecified atom stereocenters. The van der Waals surface area contributed by atoms with E-state index in [-0.39, 0.29) is 11.6 Å². The van der Waals surface area contributed by atoms with Crippen LogP contribution in [-0.2, 0) is 9.59 Å². The van der Waals surface area contributed by atoms with Crippen molar-refractivity contribution in [3.63, 3.8) is 0 Å². The van der Waals surface area contributed by atoms with Crippen LogP contribution in [-0.4, -0.2) is 30.1 Å². The number of ether oxygens (including phenoxy) is 1. The van der Waals surface area contributed by atoms with Crippen molar-refractivity contribution in [2.24, 2.45) is 0 Å². The molecule has 0 saturated carbocycles. The van der Waals surface area contributed by atoms with E-state index in [2.05, 4.69) is 16.0 Å². The Hall–Kier alpha value is -4.60. The minimum atomic E-state index is -0.572. The van der Waals surface area contributed by atoms with Gasteiger partial charge in [-0.3, -0.25) is 14.4 Å². The third-order valence-corrected chi connectivity index (χ3v) is 7.82. The van der Waals surface area contributed by atoms with E-state index in [0.29, 0.717) is 39.7 Å². The third-order valence-electron chi connectivity index (χ3n) is 6.16. The predicted octanol–water partition coefficient (Wildman–Crippen LogP) is 7.41. The number of anilines is 2. The van der Waals surface area contributed by atoms with Crippen LogP contribution in [0.3, 0.4) is 0 Å². The molecule has 43 heavy (non-hydrogen) atoms. The molecule has 4 aromatic carbocycles. The van der Waals surface area contributed by atoms with Gasteiger partial charge < -0.3 is 20.7 Å². The second-order valence-corrected chi connectivity index (χ2v) is 10.9. The van der Waals surface area contributed by atoms with Gasteiger partial charge in [0, 0.05) is 21.8 Å². The van der Waals surface area contributed by atoms with E-state index in [1.807, 2.05) is 13.0 Å². The summed E-state index contributed by atoms with van der Waals surface area (Å²) >= 11 is 7.54. The topological polar surface area (TPSA) is 96.5 Å². The van der Waals surface area contributed by atoms with Gasteiger partial charge in [-0.2, -0.15) is 0 Å². The zero-order valence-corrected chi connectivity index (χ0v) is 25.0. The number of amides is 3. The van der Waals surface area contributed by atoms with Gasteiger partial charge in [0.15, 0.2) is 0 Å². The van der Waals surface area contributed by atoms with Crippen LogP contribution in [0.4, 0.5) is 15.8 Å². The van der Waals surface area contributed by atoms with Crippen molar-refractivity contribution in [3.05, 3.63) is 125 Å². The first kappa shape index (κ1) is 31.3. The van der Waals surface area contributed by atoms with Crippen LogP contribution in [0, 0.1) is 5.82 Å². The Morgan fingerprint density at radius 3 is 2.30 bits per heavy atom. The summed E-state index contributed by atoms with van der Waals surface area (Å²) in [6, 6.07) is 26.1. The van der Waals surface area contributed by atoms with Crippen LogP contribution < -0.4 is 20.7 Å². The quantitative estimate of drug-likeness (QED) is 0.120. The fraction of sp³-hybridized carbons (Fsp3) is 0.121. The van der Waals surface area contributed by atoms with Crippen molar-refractivity contribution in [2.45, 2.75) is 23.5 Å². The second kappa shape index (κ2) is 15.0. The second-order valence-electron chi connectivity index (χ2n) is 9.26. The lowest BCUT2D eigenvalue weighted by Gasteiger charge is -2.16. The molecule has 3 amide bonds. The zero-order chi connectivity index (χ0) is 30.8. The Bertz CT molecular complexity index is 1630. The molecule has 0 aromatic heterocycles. The number of carbonyl (C=O) groups excluding carboxylic acids is 3. The van der Waals surface area contributed by atoms with Crippen molar-refractivity contribution in [1.29, 1.82) is 0 Å². The fourth-order valence-corrected chi connectivity index (χ4v) is 5.24. The average Bonchev–Trinajstić information content (AvgIpc) is 3.01. The summed E-state index contributed by atoms with van der Waals surface area (Å²) in [5.74, 6) is -1.15. The van der Waals surface area contributed by atoms with Gasteiger partial charge in [0.05, 0.1) is 17.4 Å². The smallest absolute Gasteiger partial charge is 0.272 e. The van der Waals surface area contributed by atoms with Crippen LogP contribution >= 0.6 is 23.4 Å². The first-order valence-electron chi connectivity index (χ1n) is 13.3. The van der Waals surface area contributed by atoms with E-state index in [9.17, 15) is 18.8 Å². The minimum Gasteiger partial charge on any atom is -0.495 e. The highest BCUT2D eigenvalue weighted by Crippen LogP contribution is 2.31. The predicted molar refractivity (Wildman–Crippen MR) is 170 cm³/mol. The number of thioether (sulfide) groups is 1. The van der Waals surface area contributed by atoms with Gasteiger partial charge in [0.1, 0.15) is 17.3 Å². The molecule has 0 heterocycles. The molecule has 3 N–H and O–H groups in total. The van der Waals surface area contributed by atoms with Gasteiger partial charge in [-0.15, -0.1) is 11.8 Å². The van der Waals surface area contributed by atoms with Crippen LogP contribution in [0.15, 0.2) is 108 Å². The molecule has 0 aliphatic carbocycles. The Morgan fingerprint density at radius 2 is 1.63 bits per heavy atom. The van der Waals surface area contributed by atoms with Gasteiger partial charge in [0.25, 0.3) is 11.8 Å². The fourth-order valence-electron chi connectivity index (χ4n) is 3.97. The van der Waals surface area contributed by atoms with E-state index in [1.54, 1.807) is 66.7 Å². The molecule has 7 nitrogen and oxygen atoms in total. The standard InChI is InChI=1S/C33H29ClFN3O4S/c1-3-30(33(41)37-25-16-17-29(42-2)27(34)20-25)43-26-11-7-10-24(19-26)36-32(40)28(18-21-12-14-23(35)15-13-21)38-31(39)22-8-5-4-6-9-22/h4-20,30H,3H2,1-2H3,(H,36,40)(H,37,41)(H,38,39)/b28-18-. The average molecular weight is 618 g/mol. The van der Waals surface area contributed by atoms with Gasteiger partial charge in [-0.25, -0.2) is 4.39 Å². The number of carbonyl (C=O) groups is 3. The summed E-state index contributed by atoms with van der Waals surface area (Å²) in [7, 11) is 1.52. The summed E-state index contributed by atoms with van der Waals surface area (Å²) in [5, 5.41) is 8.32. The van der Waals surface area contributed by atoms with E-state index < -0.39 is 22.9 Å². The molecule has 10 heteroatoms. The molecule has 220 valence electrons. The van der Waals surface area contributed by atoms with Crippen molar-refractivity contribution >= 4 is 58.5 Å². The highest BCUT2D eigenvalue weighted by Gasteiger charge is 2.20. The minimum absolute atomic E-state index is 0.0255. The van der Waals surface area contributed by atoms with E-state index in [0.717, 1.165) is 4.90 Å². The van der Waals surface area contributed by atoms with E-state index >= 15 is 0 Å². The van der Waals surface area contributed by atoms with Crippen LogP contribution in [0.5, 0.6) is 5.75 Å². The van der Waals surface area contributed by atoms with Crippen molar-refractivity contribution in [1.82, 2.24) is 5.32 Å². The molecule has 0 bridgehead atoms. The molecule has 4 aromatic rings. The molecule has 0 fully saturated rings. The van der Waals surface area contributed by atoms with Gasteiger partial charge in [-0.05, 0) is 78.7 Å². The molecule has 1 atom stereocenters. The third kappa shape index (κ3) is 8.94. The highest BCUT2D eigenvalue weighted by molar-refractivity contribution is 8.00. The number of hydrogen-bond donors (Lipinski definition) is 3. The Kier molecular flexibility index (Phi) is 11.0. The molecular formula is C33H29ClFN3O4S. The number of hydrogen-bond acceptors (Lipinski definition) is 5. The number of nitrogens with one attached hydrogen (secondary N) is 3. The Labute approximate surface area is 258 Å². The molecule has 0 radical (unpaired) electrons. The van der Waals surface area contributed by atoms with Crippen molar-refractivity contribution < 1.29 is 23.5 Å². The molecule has 0 spiro atoms. The van der Waals surface area contributed by atoms with Crippen molar-refractivity contribution in [3.8, 4) is 5.75 Å². The summed E-state index contributed by atoms with van der Waals surface area (Å²) < 4.78 is 18.6. The normalized spacial score (nSPS) is 11.8. The van der Waals surface area contributed by atoms with E-state index in [1.165, 1.54) is 49.2 Å². The highest BCUT2D eigenvalue weighted by atomic mass is 35.5. The largest absolute Gasteiger partial charge is 0.495 e. The molecule has 0 aliphatic heterocycles. The maximum absolute atomic E-state index is 13.5. The molecule has 4 rings (SSSR count). The summed E-state index contributed by atoms with van der Waals surface area (Å²) in [6.07, 6.45) is 2.02. The van der Waals surface area contributed by atoms with Gasteiger partial charge >= 0.3 is 0 Å². The molecule has 0 aliphatic rings. The van der Waals surface area contributed by atoms with Gasteiger partial charge in [0.2, 0.25) is 5.91 Å². The Balaban J connectivity index is 1.48. The summed E-state index contributed by atoms with van der Waals surface area (Å²) in [6.45, 7) is 1.91. The lowest BCUT2D eigenvalue weighted by Crippen LogP contribution is -2.30. The lowest BCUT2D eigenvalue weighted by molar-refractivity contribution is -0.116. The lowest BCUT2D eigenvalue weighted by atomic mass is 10.1. The molecule has 0 saturated heterocycles. The number of halogens is 2. The van der Waals surface area contributed by atoms with Crippen LogP contribution in [0.2, 0.25) is 5.02 Å². The number of methoxy groups -OCH3 is 1. The van der Waals surface area contributed by atoms with Gasteiger partial charge in [-0.1, -0.05) is 54.9 Å². The van der Waals surface area contributed by atoms with Crippen LogP contribution in [0.1, 0.15) is 29.3 Å². The monoisotopic (exact) mass is 617 g/mol. The maximum atomic E-state index is 13.5. The first-order valence-corrected chi connectivity index (χ1v) is 14.6. The number of benzene rings is 4. The number of rotatable bonds is 11. The van der Waals surface area contributed by atoms with Crippen LogP contribution in [0.25, 0.3) is 6.08 Å². The summed E-state index contributed by atoms with van der Waals surface area (Å²) in [5.41, 5.74) is 1.89.